The van der Waals surface area contributed by atoms with Crippen molar-refractivity contribution in [1.29, 1.82) is 0 Å². The lowest BCUT2D eigenvalue weighted by atomic mass is 10.4. The Bertz CT molecular complexity index is 233. The van der Waals surface area contributed by atoms with Crippen molar-refractivity contribution < 1.29 is 17.9 Å². The van der Waals surface area contributed by atoms with Gasteiger partial charge in [-0.1, -0.05) is 6.92 Å². The van der Waals surface area contributed by atoms with Gasteiger partial charge < -0.3 is 9.64 Å². The molecule has 0 spiro atoms. The molecule has 0 fully saturated rings. The number of ether oxygens (including phenoxy) is 1. The smallest absolute Gasteiger partial charge is 0.383 e. The van der Waals surface area contributed by atoms with Gasteiger partial charge in [0.05, 0.1) is 13.2 Å². The van der Waals surface area contributed by atoms with E-state index in [9.17, 15) is 13.2 Å². The average molecular weight is 256 g/mol. The van der Waals surface area contributed by atoms with Gasteiger partial charge in [0, 0.05) is 13.7 Å². The van der Waals surface area contributed by atoms with Crippen LogP contribution in [0.1, 0.15) is 13.3 Å². The number of rotatable bonds is 6. The Hall–Kier alpha value is -1.02. The highest BCUT2D eigenvalue weighted by atomic mass is 19.4. The predicted molar refractivity (Wildman–Crippen MR) is 59.4 cm³/mol. The van der Waals surface area contributed by atoms with Gasteiger partial charge >= 0.3 is 6.18 Å². The molecule has 17 heavy (non-hydrogen) atoms. The van der Waals surface area contributed by atoms with Gasteiger partial charge in [0.15, 0.2) is 0 Å². The summed E-state index contributed by atoms with van der Waals surface area (Å²) in [6, 6.07) is 0. The molecule has 0 aromatic rings. The number of nitrogens with one attached hydrogen (secondary N) is 1. The van der Waals surface area contributed by atoms with Crippen LogP contribution in [0.3, 0.4) is 0 Å². The fourth-order valence-corrected chi connectivity index (χ4v) is 1.23. The molecule has 5 nitrogen and oxygen atoms in total. The highest BCUT2D eigenvalue weighted by Crippen LogP contribution is 2.16. The van der Waals surface area contributed by atoms with E-state index in [1.165, 1.54) is 7.11 Å². The van der Waals surface area contributed by atoms with Gasteiger partial charge in [0.25, 0.3) is 0 Å². The maximum atomic E-state index is 12.3. The maximum absolute atomic E-state index is 12.3. The van der Waals surface area contributed by atoms with Gasteiger partial charge in [-0.2, -0.15) is 13.2 Å². The van der Waals surface area contributed by atoms with E-state index in [0.717, 1.165) is 4.90 Å². The van der Waals surface area contributed by atoms with E-state index >= 15 is 0 Å². The first-order chi connectivity index (χ1) is 7.94. The Kier molecular flexibility index (Phi) is 7.64. The Morgan fingerprint density at radius 1 is 1.47 bits per heavy atom. The van der Waals surface area contributed by atoms with Crippen molar-refractivity contribution in [3.8, 4) is 0 Å². The van der Waals surface area contributed by atoms with Crippen LogP contribution in [0, 0.1) is 0 Å². The van der Waals surface area contributed by atoms with Gasteiger partial charge in [-0.05, 0) is 6.42 Å². The molecule has 0 aliphatic rings. The first kappa shape index (κ1) is 16.0. The highest BCUT2D eigenvalue weighted by molar-refractivity contribution is 5.79. The van der Waals surface area contributed by atoms with Crippen molar-refractivity contribution in [3.05, 3.63) is 0 Å². The summed E-state index contributed by atoms with van der Waals surface area (Å²) < 4.78 is 41.7. The highest BCUT2D eigenvalue weighted by Gasteiger charge is 2.31. The van der Waals surface area contributed by atoms with E-state index < -0.39 is 12.7 Å². The molecule has 0 bridgehead atoms. The number of halogens is 3. The number of methoxy groups -OCH3 is 1. The Balaban J connectivity index is 4.56. The molecule has 3 N–H and O–H groups in total. The molecule has 0 aliphatic carbocycles. The van der Waals surface area contributed by atoms with E-state index in [4.69, 9.17) is 10.6 Å². The van der Waals surface area contributed by atoms with Crippen LogP contribution in [0.5, 0.6) is 0 Å². The van der Waals surface area contributed by atoms with Gasteiger partial charge in [-0.25, -0.2) is 10.8 Å². The van der Waals surface area contributed by atoms with Gasteiger partial charge in [-0.15, -0.1) is 0 Å². The molecule has 0 aliphatic heterocycles. The summed E-state index contributed by atoms with van der Waals surface area (Å²) in [5, 5.41) is 0. The van der Waals surface area contributed by atoms with Gasteiger partial charge in [0.2, 0.25) is 5.96 Å². The molecule has 0 unspecified atom stereocenters. The minimum Gasteiger partial charge on any atom is -0.383 e. The van der Waals surface area contributed by atoms with Crippen molar-refractivity contribution >= 4 is 5.96 Å². The van der Waals surface area contributed by atoms with Crippen LogP contribution in [0.15, 0.2) is 4.99 Å². The van der Waals surface area contributed by atoms with Crippen molar-refractivity contribution in [3.63, 3.8) is 0 Å². The molecule has 0 atom stereocenters. The third-order valence-electron chi connectivity index (χ3n) is 1.85. The molecule has 0 heterocycles. The number of hydrazine groups is 1. The number of nitrogens with zero attached hydrogens (tertiary/aromatic N) is 2. The Labute approximate surface area is 98.8 Å². The number of hydrogen-bond acceptors (Lipinski definition) is 3. The zero-order valence-electron chi connectivity index (χ0n) is 10.0. The SMILES string of the molecule is CCCN(CC(F)(F)F)C(=NCCOC)NN. The summed E-state index contributed by atoms with van der Waals surface area (Å²) in [5.74, 6) is 5.20. The lowest BCUT2D eigenvalue weighted by Gasteiger charge is -2.26. The van der Waals surface area contributed by atoms with E-state index in [2.05, 4.69) is 10.4 Å². The van der Waals surface area contributed by atoms with Crippen LogP contribution in [0.2, 0.25) is 0 Å². The van der Waals surface area contributed by atoms with Crippen molar-refractivity contribution in [1.82, 2.24) is 10.3 Å². The molecule has 0 aromatic carbocycles. The minimum absolute atomic E-state index is 0.0289. The molecule has 0 aromatic heterocycles. The minimum atomic E-state index is -4.28. The van der Waals surface area contributed by atoms with Gasteiger partial charge in [0.1, 0.15) is 6.54 Å². The normalized spacial score (nSPS) is 12.7. The summed E-state index contributed by atoms with van der Waals surface area (Å²) in [7, 11) is 1.49. The molecule has 0 rings (SSSR count). The van der Waals surface area contributed by atoms with Crippen molar-refractivity contribution in [2.24, 2.45) is 10.8 Å². The molecule has 102 valence electrons. The monoisotopic (exact) mass is 256 g/mol. The van der Waals surface area contributed by atoms with Crippen LogP contribution in [0.4, 0.5) is 13.2 Å². The molecular weight excluding hydrogens is 237 g/mol. The fraction of sp³-hybridized carbons (Fsp3) is 0.889. The average Bonchev–Trinajstić information content (AvgIpc) is 2.22. The summed E-state index contributed by atoms with van der Waals surface area (Å²) in [6.45, 7) is 1.53. The second-order valence-corrected chi connectivity index (χ2v) is 3.38. The lowest BCUT2D eigenvalue weighted by Crippen LogP contribution is -2.48. The Morgan fingerprint density at radius 3 is 2.53 bits per heavy atom. The molecule has 0 radical (unpaired) electrons. The summed E-state index contributed by atoms with van der Waals surface area (Å²) in [6.07, 6.45) is -3.71. The number of alkyl halides is 3. The van der Waals surface area contributed by atoms with Crippen LogP contribution in [-0.2, 0) is 4.74 Å². The molecule has 0 saturated carbocycles. The Morgan fingerprint density at radius 2 is 2.12 bits per heavy atom. The largest absolute Gasteiger partial charge is 0.406 e. The third-order valence-corrected chi connectivity index (χ3v) is 1.85. The topological polar surface area (TPSA) is 62.9 Å². The summed E-state index contributed by atoms with van der Waals surface area (Å²) in [5.41, 5.74) is 2.19. The number of guanidine groups is 1. The summed E-state index contributed by atoms with van der Waals surface area (Å²) >= 11 is 0. The fourth-order valence-electron chi connectivity index (χ4n) is 1.23. The molecule has 0 amide bonds. The van der Waals surface area contributed by atoms with E-state index in [1.807, 2.05) is 0 Å². The second kappa shape index (κ2) is 8.13. The predicted octanol–water partition coefficient (Wildman–Crippen LogP) is 0.726. The summed E-state index contributed by atoms with van der Waals surface area (Å²) in [4.78, 5) is 4.98. The van der Waals surface area contributed by atoms with E-state index in [1.54, 1.807) is 6.92 Å². The zero-order chi connectivity index (χ0) is 13.3. The van der Waals surface area contributed by atoms with Crippen LogP contribution < -0.4 is 11.3 Å². The number of aliphatic imine (C=N–C) groups is 1. The first-order valence-corrected chi connectivity index (χ1v) is 5.26. The first-order valence-electron chi connectivity index (χ1n) is 5.26. The van der Waals surface area contributed by atoms with Gasteiger partial charge in [-0.3, -0.25) is 5.43 Å². The van der Waals surface area contributed by atoms with E-state index in [-0.39, 0.29) is 19.0 Å². The molecular formula is C9H19F3N4O. The van der Waals surface area contributed by atoms with Crippen molar-refractivity contribution in [2.75, 3.05) is 33.4 Å². The van der Waals surface area contributed by atoms with Crippen LogP contribution in [-0.4, -0.2) is 50.4 Å². The third kappa shape index (κ3) is 7.81. The number of hydrogen-bond donors (Lipinski definition) is 2. The lowest BCUT2D eigenvalue weighted by molar-refractivity contribution is -0.138. The van der Waals surface area contributed by atoms with Crippen LogP contribution in [0.25, 0.3) is 0 Å². The second-order valence-electron chi connectivity index (χ2n) is 3.38. The van der Waals surface area contributed by atoms with Crippen molar-refractivity contribution in [2.45, 2.75) is 19.5 Å². The molecule has 8 heteroatoms. The zero-order valence-corrected chi connectivity index (χ0v) is 10.0. The van der Waals surface area contributed by atoms with E-state index in [0.29, 0.717) is 13.0 Å². The number of nitrogens with two attached hydrogens (primary N) is 1. The van der Waals surface area contributed by atoms with Crippen LogP contribution >= 0.6 is 0 Å². The maximum Gasteiger partial charge on any atom is 0.406 e. The molecule has 0 saturated heterocycles. The quantitative estimate of drug-likeness (QED) is 0.242. The standard InChI is InChI=1S/C9H19F3N4O/c1-3-5-16(7-9(10,11)12)8(15-13)14-4-6-17-2/h3-7,13H2,1-2H3,(H,14,15).